The van der Waals surface area contributed by atoms with E-state index in [4.69, 9.17) is 4.74 Å². The number of rotatable bonds is 6. The fourth-order valence-electron chi connectivity index (χ4n) is 4.64. The topological polar surface area (TPSA) is 44.8 Å². The van der Waals surface area contributed by atoms with Gasteiger partial charge in [-0.3, -0.25) is 14.6 Å². The maximum Gasteiger partial charge on any atom is 0.251 e. The van der Waals surface area contributed by atoms with Gasteiger partial charge in [-0.25, -0.2) is 0 Å². The van der Waals surface area contributed by atoms with Crippen molar-refractivity contribution in [3.63, 3.8) is 0 Å². The number of nitrogens with one attached hydrogen (secondary N) is 1. The maximum absolute atomic E-state index is 12.7. The minimum absolute atomic E-state index is 0.0294. The SMILES string of the molecule is C[C@@H]1CN(Cc2ccc(C(=O)N[C@H]3CCN(Cc4ccccc4)C3)cc2)C[C@H](C)O1. The summed E-state index contributed by atoms with van der Waals surface area (Å²) in [5.41, 5.74) is 3.30. The molecule has 3 atom stereocenters. The molecule has 2 aromatic carbocycles. The van der Waals surface area contributed by atoms with Gasteiger partial charge in [-0.15, -0.1) is 0 Å². The summed E-state index contributed by atoms with van der Waals surface area (Å²) in [6.07, 6.45) is 1.54. The molecule has 160 valence electrons. The molecule has 2 heterocycles. The fourth-order valence-corrected chi connectivity index (χ4v) is 4.64. The minimum Gasteiger partial charge on any atom is -0.373 e. The Labute approximate surface area is 180 Å². The number of carbonyl (C=O) groups is 1. The lowest BCUT2D eigenvalue weighted by molar-refractivity contribution is -0.0704. The van der Waals surface area contributed by atoms with Crippen LogP contribution in [0.3, 0.4) is 0 Å². The van der Waals surface area contributed by atoms with Crippen molar-refractivity contribution in [1.29, 1.82) is 0 Å². The van der Waals surface area contributed by atoms with Gasteiger partial charge in [0.1, 0.15) is 0 Å². The Morgan fingerprint density at radius 2 is 1.53 bits per heavy atom. The highest BCUT2D eigenvalue weighted by Crippen LogP contribution is 2.16. The first-order valence-corrected chi connectivity index (χ1v) is 11.1. The number of morpholine rings is 1. The third-order valence-electron chi connectivity index (χ3n) is 5.97. The van der Waals surface area contributed by atoms with Gasteiger partial charge in [-0.1, -0.05) is 42.5 Å². The molecule has 2 fully saturated rings. The van der Waals surface area contributed by atoms with Crippen LogP contribution in [0.15, 0.2) is 54.6 Å². The van der Waals surface area contributed by atoms with Gasteiger partial charge in [0.05, 0.1) is 12.2 Å². The number of nitrogens with zero attached hydrogens (tertiary/aromatic N) is 2. The van der Waals surface area contributed by atoms with Crippen LogP contribution in [-0.2, 0) is 17.8 Å². The number of likely N-dealkylation sites (tertiary alicyclic amines) is 1. The Kier molecular flexibility index (Phi) is 6.82. The van der Waals surface area contributed by atoms with E-state index in [9.17, 15) is 4.79 Å². The van der Waals surface area contributed by atoms with E-state index in [0.29, 0.717) is 0 Å². The van der Waals surface area contributed by atoms with Crippen molar-refractivity contribution in [2.45, 2.75) is 51.6 Å². The van der Waals surface area contributed by atoms with Gasteiger partial charge in [-0.05, 0) is 43.5 Å². The summed E-state index contributed by atoms with van der Waals surface area (Å²) in [5, 5.41) is 3.22. The van der Waals surface area contributed by atoms with Gasteiger partial charge in [0, 0.05) is 50.9 Å². The molecule has 0 unspecified atom stereocenters. The van der Waals surface area contributed by atoms with E-state index in [2.05, 4.69) is 65.4 Å². The van der Waals surface area contributed by atoms with Crippen LogP contribution in [0.1, 0.15) is 41.8 Å². The molecule has 0 aromatic heterocycles. The molecule has 2 aromatic rings. The molecule has 0 radical (unpaired) electrons. The van der Waals surface area contributed by atoms with E-state index in [1.807, 2.05) is 18.2 Å². The smallest absolute Gasteiger partial charge is 0.251 e. The van der Waals surface area contributed by atoms with Gasteiger partial charge < -0.3 is 10.1 Å². The number of benzene rings is 2. The molecule has 30 heavy (non-hydrogen) atoms. The summed E-state index contributed by atoms with van der Waals surface area (Å²) in [4.78, 5) is 17.5. The zero-order valence-electron chi connectivity index (χ0n) is 18.1. The number of amides is 1. The first-order valence-electron chi connectivity index (χ1n) is 11.1. The molecule has 0 aliphatic carbocycles. The van der Waals surface area contributed by atoms with Crippen molar-refractivity contribution < 1.29 is 9.53 Å². The summed E-state index contributed by atoms with van der Waals surface area (Å²) in [6, 6.07) is 18.8. The van der Waals surface area contributed by atoms with Gasteiger partial charge in [-0.2, -0.15) is 0 Å². The molecule has 0 spiro atoms. The van der Waals surface area contributed by atoms with E-state index >= 15 is 0 Å². The third-order valence-corrected chi connectivity index (χ3v) is 5.97. The van der Waals surface area contributed by atoms with E-state index in [1.54, 1.807) is 0 Å². The molecule has 1 amide bonds. The molecule has 4 rings (SSSR count). The van der Waals surface area contributed by atoms with Crippen LogP contribution in [-0.4, -0.2) is 60.1 Å². The Balaban J connectivity index is 1.26. The van der Waals surface area contributed by atoms with Crippen LogP contribution in [0, 0.1) is 0 Å². The molecule has 0 bridgehead atoms. The predicted octanol–water partition coefficient (Wildman–Crippen LogP) is 3.30. The lowest BCUT2D eigenvalue weighted by atomic mass is 10.1. The van der Waals surface area contributed by atoms with Crippen molar-refractivity contribution in [3.05, 3.63) is 71.3 Å². The molecule has 2 aliphatic heterocycles. The normalized spacial score (nSPS) is 25.3. The van der Waals surface area contributed by atoms with Crippen molar-refractivity contribution in [2.75, 3.05) is 26.2 Å². The zero-order valence-corrected chi connectivity index (χ0v) is 18.1. The van der Waals surface area contributed by atoms with Crippen molar-refractivity contribution in [3.8, 4) is 0 Å². The highest BCUT2D eigenvalue weighted by Gasteiger charge is 2.25. The lowest BCUT2D eigenvalue weighted by Gasteiger charge is -2.35. The minimum atomic E-state index is 0.0294. The van der Waals surface area contributed by atoms with Gasteiger partial charge in [0.25, 0.3) is 5.91 Å². The van der Waals surface area contributed by atoms with Gasteiger partial charge in [0.2, 0.25) is 0 Å². The van der Waals surface area contributed by atoms with Crippen molar-refractivity contribution >= 4 is 5.91 Å². The Hall–Kier alpha value is -2.21. The molecule has 1 N–H and O–H groups in total. The molecular formula is C25H33N3O2. The maximum atomic E-state index is 12.7. The monoisotopic (exact) mass is 407 g/mol. The Bertz CT molecular complexity index is 814. The summed E-state index contributed by atoms with van der Waals surface area (Å²) >= 11 is 0. The molecule has 0 saturated carbocycles. The number of hydrogen-bond acceptors (Lipinski definition) is 4. The largest absolute Gasteiger partial charge is 0.373 e. The van der Waals surface area contributed by atoms with E-state index in [0.717, 1.165) is 51.3 Å². The van der Waals surface area contributed by atoms with E-state index < -0.39 is 0 Å². The summed E-state index contributed by atoms with van der Waals surface area (Å²) in [7, 11) is 0. The van der Waals surface area contributed by atoms with Crippen molar-refractivity contribution in [2.24, 2.45) is 0 Å². The van der Waals surface area contributed by atoms with Crippen LogP contribution < -0.4 is 5.32 Å². The summed E-state index contributed by atoms with van der Waals surface area (Å²) in [5.74, 6) is 0.0294. The van der Waals surface area contributed by atoms with Gasteiger partial charge >= 0.3 is 0 Å². The quantitative estimate of drug-likeness (QED) is 0.798. The third kappa shape index (κ3) is 5.69. The lowest BCUT2D eigenvalue weighted by Crippen LogP contribution is -2.44. The Morgan fingerprint density at radius 1 is 0.900 bits per heavy atom. The summed E-state index contributed by atoms with van der Waals surface area (Å²) in [6.45, 7) is 9.93. The number of hydrogen-bond donors (Lipinski definition) is 1. The second kappa shape index (κ2) is 9.73. The van der Waals surface area contributed by atoms with Crippen LogP contribution in [0.5, 0.6) is 0 Å². The van der Waals surface area contributed by atoms with E-state index in [-0.39, 0.29) is 24.2 Å². The Morgan fingerprint density at radius 3 is 2.23 bits per heavy atom. The average molecular weight is 408 g/mol. The second-order valence-corrected chi connectivity index (χ2v) is 8.83. The molecule has 2 aliphatic rings. The number of carbonyl (C=O) groups excluding carboxylic acids is 1. The highest BCUT2D eigenvalue weighted by atomic mass is 16.5. The first kappa shape index (κ1) is 21.0. The molecular weight excluding hydrogens is 374 g/mol. The van der Waals surface area contributed by atoms with Crippen molar-refractivity contribution in [1.82, 2.24) is 15.1 Å². The highest BCUT2D eigenvalue weighted by molar-refractivity contribution is 5.94. The van der Waals surface area contributed by atoms with Crippen LogP contribution >= 0.6 is 0 Å². The summed E-state index contributed by atoms with van der Waals surface area (Å²) < 4.78 is 5.81. The van der Waals surface area contributed by atoms with Crippen LogP contribution in [0.25, 0.3) is 0 Å². The molecule has 5 heteroatoms. The van der Waals surface area contributed by atoms with Crippen LogP contribution in [0.2, 0.25) is 0 Å². The van der Waals surface area contributed by atoms with Crippen LogP contribution in [0.4, 0.5) is 0 Å². The standard InChI is InChI=1S/C25H33N3O2/c1-19-14-28(15-20(2)30-19)17-22-8-10-23(11-9-22)25(29)26-24-12-13-27(18-24)16-21-6-4-3-5-7-21/h3-11,19-20,24H,12-18H2,1-2H3,(H,26,29)/t19-,20+,24-/m0/s1. The molecule has 5 nitrogen and oxygen atoms in total. The second-order valence-electron chi connectivity index (χ2n) is 8.83. The fraction of sp³-hybridized carbons (Fsp3) is 0.480. The van der Waals surface area contributed by atoms with E-state index in [1.165, 1.54) is 11.1 Å². The average Bonchev–Trinajstić information content (AvgIpc) is 3.15. The first-order chi connectivity index (χ1) is 14.5. The predicted molar refractivity (Wildman–Crippen MR) is 119 cm³/mol. The number of ether oxygens (including phenoxy) is 1. The zero-order chi connectivity index (χ0) is 20.9. The van der Waals surface area contributed by atoms with Gasteiger partial charge in [0.15, 0.2) is 0 Å². The molecule has 2 saturated heterocycles.